The predicted octanol–water partition coefficient (Wildman–Crippen LogP) is 2.40. The molecule has 0 unspecified atom stereocenters. The lowest BCUT2D eigenvalue weighted by atomic mass is 10.1. The molecule has 0 fully saturated rings. The molecule has 1 aromatic carbocycles. The van der Waals surface area contributed by atoms with Crippen LogP contribution in [0.1, 0.15) is 5.56 Å². The van der Waals surface area contributed by atoms with Crippen LogP contribution in [0.3, 0.4) is 0 Å². The lowest BCUT2D eigenvalue weighted by Crippen LogP contribution is -1.95. The van der Waals surface area contributed by atoms with Gasteiger partial charge in [0.1, 0.15) is 5.82 Å². The molecule has 4 heteroatoms. The van der Waals surface area contributed by atoms with Crippen LogP contribution < -0.4 is 5.73 Å². The minimum Gasteiger partial charge on any atom is -0.383 e. The number of nitrogens with zero attached hydrogens (tertiary/aromatic N) is 1. The summed E-state index contributed by atoms with van der Waals surface area (Å²) in [5, 5.41) is 0.551. The molecular formula is C10H8F2N2. The van der Waals surface area contributed by atoms with Crippen LogP contribution in [0.2, 0.25) is 0 Å². The summed E-state index contributed by atoms with van der Waals surface area (Å²) in [5.41, 5.74) is 6.67. The van der Waals surface area contributed by atoms with E-state index >= 15 is 0 Å². The molecule has 2 nitrogen and oxygen atoms in total. The predicted molar refractivity (Wildman–Crippen MR) is 50.8 cm³/mol. The molecule has 14 heavy (non-hydrogen) atoms. The van der Waals surface area contributed by atoms with Crippen molar-refractivity contribution in [1.82, 2.24) is 4.98 Å². The zero-order chi connectivity index (χ0) is 10.3. The summed E-state index contributed by atoms with van der Waals surface area (Å²) in [6.07, 6.45) is 0. The summed E-state index contributed by atoms with van der Waals surface area (Å²) < 4.78 is 25.7. The Morgan fingerprint density at radius 2 is 1.79 bits per heavy atom. The molecule has 1 aromatic heterocycles. The molecule has 0 atom stereocenters. The molecule has 2 aromatic rings. The molecule has 0 aliphatic carbocycles. The van der Waals surface area contributed by atoms with Gasteiger partial charge in [-0.25, -0.2) is 13.8 Å². The quantitative estimate of drug-likeness (QED) is 0.699. The zero-order valence-corrected chi connectivity index (χ0v) is 7.51. The van der Waals surface area contributed by atoms with Crippen LogP contribution >= 0.6 is 0 Å². The van der Waals surface area contributed by atoms with Crippen molar-refractivity contribution >= 4 is 16.7 Å². The molecule has 2 rings (SSSR count). The minimum atomic E-state index is -0.909. The van der Waals surface area contributed by atoms with Crippen LogP contribution in [0.4, 0.5) is 14.6 Å². The van der Waals surface area contributed by atoms with Crippen molar-refractivity contribution in [3.8, 4) is 0 Å². The first-order valence-electron chi connectivity index (χ1n) is 4.10. The first-order valence-corrected chi connectivity index (χ1v) is 4.10. The fraction of sp³-hybridized carbons (Fsp3) is 0.100. The number of rotatable bonds is 0. The van der Waals surface area contributed by atoms with Gasteiger partial charge in [-0.1, -0.05) is 0 Å². The third-order valence-corrected chi connectivity index (χ3v) is 2.09. The SMILES string of the molecule is Cc1cc2cc(F)c(F)cc2nc1N. The van der Waals surface area contributed by atoms with Crippen molar-refractivity contribution < 1.29 is 8.78 Å². The molecule has 0 amide bonds. The number of aryl methyl sites for hydroxylation is 1. The lowest BCUT2D eigenvalue weighted by Gasteiger charge is -2.03. The van der Waals surface area contributed by atoms with Gasteiger partial charge in [0.25, 0.3) is 0 Å². The van der Waals surface area contributed by atoms with Crippen molar-refractivity contribution in [2.45, 2.75) is 6.92 Å². The van der Waals surface area contributed by atoms with Crippen LogP contribution in [0.15, 0.2) is 18.2 Å². The number of fused-ring (bicyclic) bond motifs is 1. The van der Waals surface area contributed by atoms with Gasteiger partial charge < -0.3 is 5.73 Å². The monoisotopic (exact) mass is 194 g/mol. The van der Waals surface area contributed by atoms with Gasteiger partial charge in [-0.05, 0) is 24.6 Å². The van der Waals surface area contributed by atoms with Gasteiger partial charge in [-0.3, -0.25) is 0 Å². The lowest BCUT2D eigenvalue weighted by molar-refractivity contribution is 0.510. The third-order valence-electron chi connectivity index (χ3n) is 2.09. The Hall–Kier alpha value is -1.71. The number of halogens is 2. The molecule has 72 valence electrons. The number of hydrogen-bond donors (Lipinski definition) is 1. The summed E-state index contributed by atoms with van der Waals surface area (Å²) in [6, 6.07) is 3.84. The van der Waals surface area contributed by atoms with Crippen LogP contribution in [-0.4, -0.2) is 4.98 Å². The van der Waals surface area contributed by atoms with E-state index in [0.717, 1.165) is 17.7 Å². The average molecular weight is 194 g/mol. The van der Waals surface area contributed by atoms with Gasteiger partial charge in [0.15, 0.2) is 11.6 Å². The van der Waals surface area contributed by atoms with Crippen molar-refractivity contribution in [3.63, 3.8) is 0 Å². The van der Waals surface area contributed by atoms with E-state index in [4.69, 9.17) is 5.73 Å². The van der Waals surface area contributed by atoms with Crippen molar-refractivity contribution in [2.24, 2.45) is 0 Å². The summed E-state index contributed by atoms with van der Waals surface area (Å²) in [6.45, 7) is 1.77. The first kappa shape index (κ1) is 8.87. The van der Waals surface area contributed by atoms with Crippen LogP contribution in [-0.2, 0) is 0 Å². The van der Waals surface area contributed by atoms with Gasteiger partial charge in [0.2, 0.25) is 0 Å². The standard InChI is InChI=1S/C10H8F2N2/c1-5-2-6-3-7(11)8(12)4-9(6)14-10(5)13/h2-4H,1H3,(H2,13,14). The molecule has 0 saturated carbocycles. The van der Waals surface area contributed by atoms with E-state index in [0.29, 0.717) is 16.7 Å². The number of pyridine rings is 1. The molecule has 0 aliphatic heterocycles. The molecule has 0 aliphatic rings. The average Bonchev–Trinajstić information content (AvgIpc) is 2.11. The van der Waals surface area contributed by atoms with Gasteiger partial charge in [-0.2, -0.15) is 0 Å². The molecule has 2 N–H and O–H groups in total. The summed E-state index contributed by atoms with van der Waals surface area (Å²) in [7, 11) is 0. The summed E-state index contributed by atoms with van der Waals surface area (Å²) in [5.74, 6) is -1.44. The number of nitrogens with two attached hydrogens (primary N) is 1. The maximum Gasteiger partial charge on any atom is 0.161 e. The van der Waals surface area contributed by atoms with E-state index in [1.807, 2.05) is 0 Å². The van der Waals surface area contributed by atoms with Gasteiger partial charge in [0, 0.05) is 11.5 Å². The Labute approximate surface area is 79.4 Å². The fourth-order valence-electron chi connectivity index (χ4n) is 1.29. The van der Waals surface area contributed by atoms with E-state index in [2.05, 4.69) is 4.98 Å². The van der Waals surface area contributed by atoms with Crippen LogP contribution in [0.5, 0.6) is 0 Å². The summed E-state index contributed by atoms with van der Waals surface area (Å²) >= 11 is 0. The highest BCUT2D eigenvalue weighted by atomic mass is 19.2. The van der Waals surface area contributed by atoms with E-state index < -0.39 is 11.6 Å². The normalized spacial score (nSPS) is 10.8. The topological polar surface area (TPSA) is 38.9 Å². The Morgan fingerprint density at radius 3 is 2.50 bits per heavy atom. The smallest absolute Gasteiger partial charge is 0.161 e. The molecule has 0 spiro atoms. The van der Waals surface area contributed by atoms with Crippen molar-refractivity contribution in [3.05, 3.63) is 35.4 Å². The molecule has 0 bridgehead atoms. The Bertz CT molecular complexity index is 420. The van der Waals surface area contributed by atoms with Gasteiger partial charge >= 0.3 is 0 Å². The Morgan fingerprint density at radius 1 is 1.14 bits per heavy atom. The number of nitrogen functional groups attached to an aromatic ring is 1. The van der Waals surface area contributed by atoms with E-state index in [1.165, 1.54) is 0 Å². The van der Waals surface area contributed by atoms with Crippen LogP contribution in [0, 0.1) is 18.6 Å². The Kier molecular flexibility index (Phi) is 1.84. The van der Waals surface area contributed by atoms with E-state index in [-0.39, 0.29) is 0 Å². The second-order valence-electron chi connectivity index (χ2n) is 3.15. The number of benzene rings is 1. The molecule has 0 radical (unpaired) electrons. The number of hydrogen-bond acceptors (Lipinski definition) is 2. The molecular weight excluding hydrogens is 186 g/mol. The Balaban J connectivity index is 2.83. The fourth-order valence-corrected chi connectivity index (χ4v) is 1.29. The largest absolute Gasteiger partial charge is 0.383 e. The van der Waals surface area contributed by atoms with Crippen LogP contribution in [0.25, 0.3) is 10.9 Å². The highest BCUT2D eigenvalue weighted by Crippen LogP contribution is 2.20. The maximum atomic E-state index is 12.8. The molecule has 0 saturated heterocycles. The van der Waals surface area contributed by atoms with E-state index in [1.54, 1.807) is 13.0 Å². The maximum absolute atomic E-state index is 12.8. The zero-order valence-electron chi connectivity index (χ0n) is 7.51. The second-order valence-corrected chi connectivity index (χ2v) is 3.15. The number of aromatic nitrogens is 1. The number of anilines is 1. The molecule has 1 heterocycles. The highest BCUT2D eigenvalue weighted by molar-refractivity contribution is 5.81. The van der Waals surface area contributed by atoms with E-state index in [9.17, 15) is 8.78 Å². The third kappa shape index (κ3) is 1.28. The van der Waals surface area contributed by atoms with Crippen molar-refractivity contribution in [1.29, 1.82) is 0 Å². The second kappa shape index (κ2) is 2.90. The van der Waals surface area contributed by atoms with Crippen molar-refractivity contribution in [2.75, 3.05) is 5.73 Å². The minimum absolute atomic E-state index is 0.337. The van der Waals surface area contributed by atoms with Gasteiger partial charge in [-0.15, -0.1) is 0 Å². The van der Waals surface area contributed by atoms with Gasteiger partial charge in [0.05, 0.1) is 5.52 Å². The summed E-state index contributed by atoms with van der Waals surface area (Å²) in [4.78, 5) is 3.95. The highest BCUT2D eigenvalue weighted by Gasteiger charge is 2.06. The first-order chi connectivity index (χ1) is 6.58.